The van der Waals surface area contributed by atoms with Gasteiger partial charge in [-0.15, -0.1) is 0 Å². The molecule has 2 rings (SSSR count). The standard InChI is InChI=1S/C18H28N4O3S/c1-14(9-11-26(3,24)25)21-18(19-2)20-12-17(23)22-10-8-15-6-4-5-7-16(15)13-22/h4-7,14H,8-13H2,1-3H3,(H2,19,20,21). The maximum atomic E-state index is 12.5. The summed E-state index contributed by atoms with van der Waals surface area (Å²) in [6.07, 6.45) is 2.58. The number of benzene rings is 1. The molecule has 0 aromatic heterocycles. The van der Waals surface area contributed by atoms with Crippen LogP contribution in [0.5, 0.6) is 0 Å². The van der Waals surface area contributed by atoms with Crippen LogP contribution in [0.2, 0.25) is 0 Å². The summed E-state index contributed by atoms with van der Waals surface area (Å²) in [6.45, 7) is 3.39. The summed E-state index contributed by atoms with van der Waals surface area (Å²) in [5.41, 5.74) is 2.51. The molecule has 1 atom stereocenters. The number of fused-ring (bicyclic) bond motifs is 1. The molecule has 2 N–H and O–H groups in total. The molecular weight excluding hydrogens is 352 g/mol. The molecule has 0 bridgehead atoms. The lowest BCUT2D eigenvalue weighted by Gasteiger charge is -2.29. The van der Waals surface area contributed by atoms with Crippen LogP contribution < -0.4 is 10.6 Å². The fourth-order valence-electron chi connectivity index (χ4n) is 2.87. The van der Waals surface area contributed by atoms with Crippen LogP contribution in [0.1, 0.15) is 24.5 Å². The van der Waals surface area contributed by atoms with Gasteiger partial charge in [-0.3, -0.25) is 9.79 Å². The summed E-state index contributed by atoms with van der Waals surface area (Å²) in [5.74, 6) is 0.632. The smallest absolute Gasteiger partial charge is 0.242 e. The van der Waals surface area contributed by atoms with Crippen molar-refractivity contribution in [1.29, 1.82) is 0 Å². The lowest BCUT2D eigenvalue weighted by atomic mass is 10.00. The number of rotatable bonds is 6. The van der Waals surface area contributed by atoms with Crippen molar-refractivity contribution < 1.29 is 13.2 Å². The number of carbonyl (C=O) groups excluding carboxylic acids is 1. The van der Waals surface area contributed by atoms with Gasteiger partial charge in [0.25, 0.3) is 0 Å². The van der Waals surface area contributed by atoms with E-state index in [1.165, 1.54) is 17.4 Å². The maximum Gasteiger partial charge on any atom is 0.242 e. The minimum atomic E-state index is -2.99. The first kappa shape index (κ1) is 20.2. The van der Waals surface area contributed by atoms with E-state index in [-0.39, 0.29) is 24.2 Å². The molecule has 0 spiro atoms. The highest BCUT2D eigenvalue weighted by atomic mass is 32.2. The molecule has 0 saturated heterocycles. The molecule has 1 aromatic carbocycles. The van der Waals surface area contributed by atoms with Crippen LogP contribution in [0.3, 0.4) is 0 Å². The van der Waals surface area contributed by atoms with Crippen LogP contribution in [0, 0.1) is 0 Å². The van der Waals surface area contributed by atoms with E-state index in [1.807, 2.05) is 24.0 Å². The van der Waals surface area contributed by atoms with Crippen molar-refractivity contribution in [2.75, 3.05) is 32.1 Å². The third-order valence-electron chi connectivity index (χ3n) is 4.42. The topological polar surface area (TPSA) is 90.9 Å². The first-order chi connectivity index (χ1) is 12.3. The average molecular weight is 381 g/mol. The van der Waals surface area contributed by atoms with Crippen molar-refractivity contribution in [2.24, 2.45) is 4.99 Å². The number of hydrogen-bond acceptors (Lipinski definition) is 4. The van der Waals surface area contributed by atoms with E-state index < -0.39 is 9.84 Å². The van der Waals surface area contributed by atoms with E-state index in [9.17, 15) is 13.2 Å². The summed E-state index contributed by atoms with van der Waals surface area (Å²) in [6, 6.07) is 8.13. The minimum absolute atomic E-state index is 0.0197. The van der Waals surface area contributed by atoms with E-state index >= 15 is 0 Å². The van der Waals surface area contributed by atoms with Gasteiger partial charge in [-0.2, -0.15) is 0 Å². The molecule has 1 aliphatic rings. The van der Waals surface area contributed by atoms with Gasteiger partial charge >= 0.3 is 0 Å². The average Bonchev–Trinajstić information content (AvgIpc) is 2.62. The molecule has 0 saturated carbocycles. The van der Waals surface area contributed by atoms with Crippen LogP contribution >= 0.6 is 0 Å². The molecule has 144 valence electrons. The van der Waals surface area contributed by atoms with E-state index in [2.05, 4.69) is 27.8 Å². The molecule has 1 unspecified atom stereocenters. The second-order valence-corrected chi connectivity index (χ2v) is 8.98. The van der Waals surface area contributed by atoms with Crippen LogP contribution in [-0.4, -0.2) is 63.4 Å². The Balaban J connectivity index is 1.80. The number of sulfone groups is 1. The van der Waals surface area contributed by atoms with Crippen molar-refractivity contribution >= 4 is 21.7 Å². The Labute approximate surface area is 155 Å². The van der Waals surface area contributed by atoms with Gasteiger partial charge in [0.1, 0.15) is 9.84 Å². The summed E-state index contributed by atoms with van der Waals surface area (Å²) in [4.78, 5) is 18.4. The second kappa shape index (κ2) is 9.02. The van der Waals surface area contributed by atoms with Crippen LogP contribution in [0.25, 0.3) is 0 Å². The third kappa shape index (κ3) is 6.33. The van der Waals surface area contributed by atoms with E-state index in [0.717, 1.165) is 6.42 Å². The number of nitrogens with one attached hydrogen (secondary N) is 2. The Morgan fingerprint density at radius 1 is 1.31 bits per heavy atom. The maximum absolute atomic E-state index is 12.5. The molecule has 8 heteroatoms. The zero-order valence-electron chi connectivity index (χ0n) is 15.7. The Hall–Kier alpha value is -2.09. The molecular formula is C18H28N4O3S. The van der Waals surface area contributed by atoms with Crippen molar-refractivity contribution in [2.45, 2.75) is 32.4 Å². The zero-order valence-corrected chi connectivity index (χ0v) is 16.5. The van der Waals surface area contributed by atoms with Crippen molar-refractivity contribution in [3.05, 3.63) is 35.4 Å². The summed E-state index contributed by atoms with van der Waals surface area (Å²) < 4.78 is 22.5. The molecule has 26 heavy (non-hydrogen) atoms. The summed E-state index contributed by atoms with van der Waals surface area (Å²) in [7, 11) is -1.36. The second-order valence-electron chi connectivity index (χ2n) is 6.72. The molecule has 0 aliphatic carbocycles. The molecule has 0 radical (unpaired) electrons. The van der Waals surface area contributed by atoms with Crippen LogP contribution in [0.15, 0.2) is 29.3 Å². The number of carbonyl (C=O) groups is 1. The third-order valence-corrected chi connectivity index (χ3v) is 5.40. The normalized spacial score (nSPS) is 16.0. The van der Waals surface area contributed by atoms with Gasteiger partial charge in [-0.25, -0.2) is 8.42 Å². The molecule has 1 heterocycles. The molecule has 1 aliphatic heterocycles. The monoisotopic (exact) mass is 380 g/mol. The van der Waals surface area contributed by atoms with Crippen molar-refractivity contribution in [3.8, 4) is 0 Å². The molecule has 1 aromatic rings. The lowest BCUT2D eigenvalue weighted by Crippen LogP contribution is -2.48. The van der Waals surface area contributed by atoms with Gasteiger partial charge in [-0.05, 0) is 30.9 Å². The van der Waals surface area contributed by atoms with E-state index in [4.69, 9.17) is 0 Å². The van der Waals surface area contributed by atoms with E-state index in [0.29, 0.717) is 25.5 Å². The van der Waals surface area contributed by atoms with Gasteiger partial charge in [-0.1, -0.05) is 24.3 Å². The first-order valence-electron chi connectivity index (χ1n) is 8.78. The van der Waals surface area contributed by atoms with Crippen LogP contribution in [-0.2, 0) is 27.6 Å². The van der Waals surface area contributed by atoms with Gasteiger partial charge in [0.05, 0.1) is 12.3 Å². The summed E-state index contributed by atoms with van der Waals surface area (Å²) >= 11 is 0. The van der Waals surface area contributed by atoms with Gasteiger partial charge < -0.3 is 15.5 Å². The highest BCUT2D eigenvalue weighted by molar-refractivity contribution is 7.90. The van der Waals surface area contributed by atoms with E-state index in [1.54, 1.807) is 7.05 Å². The number of hydrogen-bond donors (Lipinski definition) is 2. The lowest BCUT2D eigenvalue weighted by molar-refractivity contribution is -0.130. The Kier molecular flexibility index (Phi) is 7.02. The fraction of sp³-hybridized carbons (Fsp3) is 0.556. The van der Waals surface area contributed by atoms with Gasteiger partial charge in [0.15, 0.2) is 5.96 Å². The summed E-state index contributed by atoms with van der Waals surface area (Å²) in [5, 5.41) is 6.13. The Morgan fingerprint density at radius 3 is 2.65 bits per heavy atom. The van der Waals surface area contributed by atoms with Gasteiger partial charge in [0.2, 0.25) is 5.91 Å². The fourth-order valence-corrected chi connectivity index (χ4v) is 3.65. The SMILES string of the molecule is CN=C(NCC(=O)N1CCc2ccccc2C1)NC(C)CCS(C)(=O)=O. The molecule has 0 fully saturated rings. The van der Waals surface area contributed by atoms with Gasteiger partial charge in [0, 0.05) is 32.4 Å². The Morgan fingerprint density at radius 2 is 2.00 bits per heavy atom. The minimum Gasteiger partial charge on any atom is -0.354 e. The largest absolute Gasteiger partial charge is 0.354 e. The van der Waals surface area contributed by atoms with Crippen molar-refractivity contribution in [1.82, 2.24) is 15.5 Å². The number of aliphatic imine (C=N–C) groups is 1. The zero-order chi connectivity index (χ0) is 19.2. The first-order valence-corrected chi connectivity index (χ1v) is 10.8. The van der Waals surface area contributed by atoms with Crippen molar-refractivity contribution in [3.63, 3.8) is 0 Å². The number of guanidine groups is 1. The molecule has 7 nitrogen and oxygen atoms in total. The molecule has 1 amide bonds. The number of amides is 1. The predicted molar refractivity (Wildman–Crippen MR) is 104 cm³/mol. The Bertz CT molecular complexity index is 761. The highest BCUT2D eigenvalue weighted by Crippen LogP contribution is 2.18. The number of nitrogens with zero attached hydrogens (tertiary/aromatic N) is 2. The highest BCUT2D eigenvalue weighted by Gasteiger charge is 2.20. The van der Waals surface area contributed by atoms with Crippen LogP contribution in [0.4, 0.5) is 0 Å². The predicted octanol–water partition coefficient (Wildman–Crippen LogP) is 0.560. The quantitative estimate of drug-likeness (QED) is 0.556.